The minimum absolute atomic E-state index is 0.0454. The van der Waals surface area contributed by atoms with E-state index in [2.05, 4.69) is 54.6 Å². The summed E-state index contributed by atoms with van der Waals surface area (Å²) in [5.74, 6) is 0.632. The van der Waals surface area contributed by atoms with Gasteiger partial charge in [0.05, 0.1) is 17.1 Å². The molecule has 0 spiro atoms. The number of aromatic nitrogens is 3. The number of hydrogen-bond donors (Lipinski definition) is 0. The molecule has 0 fully saturated rings. The van der Waals surface area contributed by atoms with Gasteiger partial charge in [0.15, 0.2) is 10.3 Å². The maximum atomic E-state index is 12.5. The van der Waals surface area contributed by atoms with Gasteiger partial charge >= 0.3 is 0 Å². The Balaban J connectivity index is 1.55. The predicted octanol–water partition coefficient (Wildman–Crippen LogP) is 6.54. The summed E-state index contributed by atoms with van der Waals surface area (Å²) in [4.78, 5) is 23.5. The van der Waals surface area contributed by atoms with E-state index in [1.165, 1.54) is 28.0 Å². The molecule has 2 heterocycles. The fourth-order valence-corrected chi connectivity index (χ4v) is 5.47. The summed E-state index contributed by atoms with van der Waals surface area (Å²) in [5.41, 5.74) is 7.60. The summed E-state index contributed by atoms with van der Waals surface area (Å²) in [5, 5.41) is 3.64. The van der Waals surface area contributed by atoms with Gasteiger partial charge < -0.3 is 0 Å². The molecule has 0 unspecified atom stereocenters. The van der Waals surface area contributed by atoms with Crippen LogP contribution in [0.4, 0.5) is 10.8 Å². The van der Waals surface area contributed by atoms with Crippen LogP contribution in [0.3, 0.4) is 0 Å². The number of aryl methyl sites for hydroxylation is 4. The third kappa shape index (κ3) is 4.64. The third-order valence-electron chi connectivity index (χ3n) is 5.22. The van der Waals surface area contributed by atoms with Crippen LogP contribution in [0, 0.1) is 27.7 Å². The number of anilines is 2. The molecular weight excluding hydrogens is 436 g/mol. The zero-order chi connectivity index (χ0) is 22.8. The number of benzene rings is 2. The molecular formula is C25H26N4OS2. The van der Waals surface area contributed by atoms with Gasteiger partial charge in [-0.25, -0.2) is 9.97 Å². The smallest absolute Gasteiger partial charge is 0.230 e. The van der Waals surface area contributed by atoms with Gasteiger partial charge in [0.25, 0.3) is 0 Å². The number of nitrogens with zero attached hydrogens (tertiary/aromatic N) is 4. The van der Waals surface area contributed by atoms with Crippen LogP contribution in [0.5, 0.6) is 0 Å². The van der Waals surface area contributed by atoms with Crippen LogP contribution in [0.15, 0.2) is 59.3 Å². The number of thiazole rings is 1. The second-order valence-electron chi connectivity index (χ2n) is 7.92. The molecule has 0 bridgehead atoms. The maximum Gasteiger partial charge on any atom is 0.230 e. The molecule has 4 rings (SSSR count). The van der Waals surface area contributed by atoms with Gasteiger partial charge in [0.1, 0.15) is 0 Å². The SMILES string of the molecule is CC(=O)N(c1nc(CSc2nccn2-c2cc(C)ccc2C)cs1)c1ccc(C)cc1C. The third-order valence-corrected chi connectivity index (χ3v) is 7.09. The highest BCUT2D eigenvalue weighted by Gasteiger charge is 2.20. The van der Waals surface area contributed by atoms with Crippen LogP contribution in [-0.4, -0.2) is 20.4 Å². The van der Waals surface area contributed by atoms with Crippen molar-refractivity contribution >= 4 is 39.8 Å². The molecule has 164 valence electrons. The monoisotopic (exact) mass is 462 g/mol. The molecule has 5 nitrogen and oxygen atoms in total. The topological polar surface area (TPSA) is 51.0 Å². The van der Waals surface area contributed by atoms with E-state index < -0.39 is 0 Å². The van der Waals surface area contributed by atoms with E-state index in [-0.39, 0.29) is 5.91 Å². The number of rotatable bonds is 6. The molecule has 0 aliphatic rings. The molecule has 32 heavy (non-hydrogen) atoms. The Bertz CT molecular complexity index is 1270. The molecule has 0 atom stereocenters. The van der Waals surface area contributed by atoms with Crippen molar-refractivity contribution in [3.63, 3.8) is 0 Å². The normalized spacial score (nSPS) is 11.0. The first-order chi connectivity index (χ1) is 15.3. The summed E-state index contributed by atoms with van der Waals surface area (Å²) < 4.78 is 2.12. The quantitative estimate of drug-likeness (QED) is 0.305. The summed E-state index contributed by atoms with van der Waals surface area (Å²) >= 11 is 3.13. The van der Waals surface area contributed by atoms with E-state index in [0.29, 0.717) is 10.9 Å². The Morgan fingerprint density at radius 1 is 1.06 bits per heavy atom. The van der Waals surface area contributed by atoms with Crippen LogP contribution < -0.4 is 4.90 Å². The summed E-state index contributed by atoms with van der Waals surface area (Å²) in [6, 6.07) is 12.5. The minimum atomic E-state index is -0.0454. The zero-order valence-corrected chi connectivity index (χ0v) is 20.5. The largest absolute Gasteiger partial charge is 0.295 e. The molecule has 0 saturated heterocycles. The first kappa shape index (κ1) is 22.3. The minimum Gasteiger partial charge on any atom is -0.295 e. The van der Waals surface area contributed by atoms with Gasteiger partial charge in [-0.1, -0.05) is 41.6 Å². The first-order valence-corrected chi connectivity index (χ1v) is 12.3. The zero-order valence-electron chi connectivity index (χ0n) is 18.9. The van der Waals surface area contributed by atoms with Crippen molar-refractivity contribution < 1.29 is 4.79 Å². The van der Waals surface area contributed by atoms with E-state index >= 15 is 0 Å². The summed E-state index contributed by atoms with van der Waals surface area (Å²) in [6.45, 7) is 9.86. The van der Waals surface area contributed by atoms with Crippen molar-refractivity contribution in [2.75, 3.05) is 4.90 Å². The van der Waals surface area contributed by atoms with Crippen molar-refractivity contribution in [1.29, 1.82) is 0 Å². The van der Waals surface area contributed by atoms with E-state index in [0.717, 1.165) is 27.8 Å². The predicted molar refractivity (Wildman–Crippen MR) is 133 cm³/mol. The lowest BCUT2D eigenvalue weighted by atomic mass is 10.1. The molecule has 1 amide bonds. The summed E-state index contributed by atoms with van der Waals surface area (Å²) in [7, 11) is 0. The van der Waals surface area contributed by atoms with Crippen LogP contribution in [0.2, 0.25) is 0 Å². The second kappa shape index (κ2) is 9.30. The molecule has 0 aliphatic carbocycles. The van der Waals surface area contributed by atoms with E-state index in [1.807, 2.05) is 36.8 Å². The Morgan fingerprint density at radius 2 is 1.81 bits per heavy atom. The van der Waals surface area contributed by atoms with Gasteiger partial charge in [-0.05, 0) is 56.5 Å². The molecule has 0 aliphatic heterocycles. The van der Waals surface area contributed by atoms with Gasteiger partial charge in [-0.2, -0.15) is 0 Å². The van der Waals surface area contributed by atoms with E-state index in [1.54, 1.807) is 23.6 Å². The second-order valence-corrected chi connectivity index (χ2v) is 9.70. The van der Waals surface area contributed by atoms with Gasteiger partial charge in [-0.3, -0.25) is 14.3 Å². The van der Waals surface area contributed by atoms with Crippen molar-refractivity contribution in [3.8, 4) is 5.69 Å². The van der Waals surface area contributed by atoms with Crippen LogP contribution >= 0.6 is 23.1 Å². The van der Waals surface area contributed by atoms with Gasteiger partial charge in [0.2, 0.25) is 5.91 Å². The Morgan fingerprint density at radius 3 is 2.56 bits per heavy atom. The molecule has 0 radical (unpaired) electrons. The average Bonchev–Trinajstić information content (AvgIpc) is 3.39. The van der Waals surface area contributed by atoms with Crippen LogP contribution in [0.1, 0.15) is 34.9 Å². The Hall–Kier alpha value is -2.90. The first-order valence-electron chi connectivity index (χ1n) is 10.4. The van der Waals surface area contributed by atoms with E-state index in [4.69, 9.17) is 4.98 Å². The Labute approximate surface area is 197 Å². The van der Waals surface area contributed by atoms with Gasteiger partial charge in [0, 0.05) is 30.5 Å². The van der Waals surface area contributed by atoms with Gasteiger partial charge in [-0.15, -0.1) is 11.3 Å². The number of carbonyl (C=O) groups excluding carboxylic acids is 1. The number of amides is 1. The van der Waals surface area contributed by atoms with Crippen LogP contribution in [-0.2, 0) is 10.5 Å². The maximum absolute atomic E-state index is 12.5. The lowest BCUT2D eigenvalue weighted by Gasteiger charge is -2.20. The lowest BCUT2D eigenvalue weighted by molar-refractivity contribution is -0.115. The average molecular weight is 463 g/mol. The lowest BCUT2D eigenvalue weighted by Crippen LogP contribution is -2.23. The van der Waals surface area contributed by atoms with Crippen molar-refractivity contribution in [2.24, 2.45) is 0 Å². The molecule has 2 aromatic heterocycles. The van der Waals surface area contributed by atoms with Crippen molar-refractivity contribution in [1.82, 2.24) is 14.5 Å². The molecule has 0 saturated carbocycles. The summed E-state index contributed by atoms with van der Waals surface area (Å²) in [6.07, 6.45) is 3.82. The standard InChI is InChI=1S/C25H26N4OS2/c1-16-7-9-22(19(4)12-16)29(20(5)30)25-27-21(15-32-25)14-31-24-26-10-11-28(24)23-13-17(2)6-8-18(23)3/h6-13,15H,14H2,1-5H3. The molecule has 4 aromatic rings. The molecule has 2 aromatic carbocycles. The van der Waals surface area contributed by atoms with Crippen molar-refractivity contribution in [2.45, 2.75) is 45.5 Å². The highest BCUT2D eigenvalue weighted by molar-refractivity contribution is 7.98. The number of imidazole rings is 1. The highest BCUT2D eigenvalue weighted by Crippen LogP contribution is 2.33. The number of carbonyl (C=O) groups is 1. The van der Waals surface area contributed by atoms with Crippen LogP contribution in [0.25, 0.3) is 5.69 Å². The van der Waals surface area contributed by atoms with Crippen molar-refractivity contribution in [3.05, 3.63) is 82.1 Å². The number of hydrogen-bond acceptors (Lipinski definition) is 5. The Kier molecular flexibility index (Phi) is 6.48. The fraction of sp³-hybridized carbons (Fsp3) is 0.240. The molecule has 0 N–H and O–H groups in total. The molecule has 7 heteroatoms. The van der Waals surface area contributed by atoms with E-state index in [9.17, 15) is 4.79 Å². The highest BCUT2D eigenvalue weighted by atomic mass is 32.2. The number of thioether (sulfide) groups is 1. The fourth-order valence-electron chi connectivity index (χ4n) is 3.63.